The lowest BCUT2D eigenvalue weighted by Crippen LogP contribution is -2.32. The summed E-state index contributed by atoms with van der Waals surface area (Å²) in [7, 11) is 0. The topological polar surface area (TPSA) is 169 Å². The summed E-state index contributed by atoms with van der Waals surface area (Å²) in [5.41, 5.74) is 0.771. The molecule has 0 unspecified atom stereocenters. The Kier molecular flexibility index (Phi) is 9.93. The Labute approximate surface area is 223 Å². The Bertz CT molecular complexity index is 1310. The van der Waals surface area contributed by atoms with Gasteiger partial charge in [-0.1, -0.05) is 44.7 Å². The minimum absolute atomic E-state index is 0.00812. The van der Waals surface area contributed by atoms with Crippen LogP contribution in [0.3, 0.4) is 0 Å². The first-order valence-electron chi connectivity index (χ1n) is 11.8. The van der Waals surface area contributed by atoms with Crippen molar-refractivity contribution < 1.29 is 24.0 Å². The molecule has 0 saturated heterocycles. The van der Waals surface area contributed by atoms with Crippen LogP contribution in [0.2, 0.25) is 0 Å². The van der Waals surface area contributed by atoms with Crippen molar-refractivity contribution >= 4 is 40.9 Å². The van der Waals surface area contributed by atoms with Crippen LogP contribution in [0.5, 0.6) is 0 Å². The van der Waals surface area contributed by atoms with E-state index >= 15 is 0 Å². The maximum absolute atomic E-state index is 12.7. The highest BCUT2D eigenvalue weighted by atomic mass is 32.2. The van der Waals surface area contributed by atoms with Gasteiger partial charge in [0.1, 0.15) is 5.82 Å². The lowest BCUT2D eigenvalue weighted by molar-refractivity contribution is -0.384. The standard InChI is InChI=1S/C25H28N6O6S/c1-4-11-37-24(34)17-8-5-9-18(12-17)26-20(32)14-38-25-28-22(29-30-25)21(15(2)3)27-23(33)16-7-6-10-19(13-16)31(35)36/h5-10,12-13,15,21H,4,11,14H2,1-3H3,(H,26,32)(H,27,33)(H,28,29,30)/t21-/m1/s1. The van der Waals surface area contributed by atoms with Crippen molar-refractivity contribution in [2.75, 3.05) is 17.7 Å². The Morgan fingerprint density at radius 2 is 1.87 bits per heavy atom. The number of nitro benzene ring substituents is 1. The fourth-order valence-electron chi connectivity index (χ4n) is 3.33. The Balaban J connectivity index is 1.59. The smallest absolute Gasteiger partial charge is 0.338 e. The third-order valence-electron chi connectivity index (χ3n) is 5.20. The molecule has 3 aromatic rings. The lowest BCUT2D eigenvalue weighted by Gasteiger charge is -2.19. The average Bonchev–Trinajstić information content (AvgIpc) is 3.37. The third-order valence-corrected chi connectivity index (χ3v) is 6.05. The molecular weight excluding hydrogens is 512 g/mol. The number of nitrogens with zero attached hydrogens (tertiary/aromatic N) is 3. The van der Waals surface area contributed by atoms with Gasteiger partial charge in [0.15, 0.2) is 0 Å². The number of rotatable bonds is 12. The van der Waals surface area contributed by atoms with Gasteiger partial charge in [-0.2, -0.15) is 0 Å². The largest absolute Gasteiger partial charge is 0.462 e. The number of nitro groups is 1. The summed E-state index contributed by atoms with van der Waals surface area (Å²) in [5, 5.41) is 23.8. The predicted octanol–water partition coefficient (Wildman–Crippen LogP) is 4.14. The lowest BCUT2D eigenvalue weighted by atomic mass is 10.0. The van der Waals surface area contributed by atoms with Gasteiger partial charge in [0, 0.05) is 23.4 Å². The van der Waals surface area contributed by atoms with E-state index < -0.39 is 22.8 Å². The van der Waals surface area contributed by atoms with E-state index in [1.54, 1.807) is 24.3 Å². The SMILES string of the molecule is CCCOC(=O)c1cccc(NC(=O)CSc2n[nH]c([C@H](NC(=O)c3cccc([N+](=O)[O-])c3)C(C)C)n2)c1. The minimum Gasteiger partial charge on any atom is -0.462 e. The van der Waals surface area contributed by atoms with Crippen LogP contribution in [-0.2, 0) is 9.53 Å². The Hall–Kier alpha value is -4.26. The van der Waals surface area contributed by atoms with Crippen LogP contribution < -0.4 is 10.6 Å². The predicted molar refractivity (Wildman–Crippen MR) is 141 cm³/mol. The Morgan fingerprint density at radius 1 is 1.13 bits per heavy atom. The van der Waals surface area contributed by atoms with Crippen molar-refractivity contribution in [1.29, 1.82) is 0 Å². The number of amides is 2. The molecule has 0 spiro atoms. The summed E-state index contributed by atoms with van der Waals surface area (Å²) in [4.78, 5) is 52.1. The molecule has 0 radical (unpaired) electrons. The summed E-state index contributed by atoms with van der Waals surface area (Å²) in [5.74, 6) is -0.947. The number of ether oxygens (including phenoxy) is 1. The van der Waals surface area contributed by atoms with E-state index in [9.17, 15) is 24.5 Å². The molecule has 13 heteroatoms. The Morgan fingerprint density at radius 3 is 2.58 bits per heavy atom. The van der Waals surface area contributed by atoms with Crippen LogP contribution in [0.25, 0.3) is 0 Å². The van der Waals surface area contributed by atoms with Crippen LogP contribution in [0.1, 0.15) is 59.8 Å². The van der Waals surface area contributed by atoms with E-state index in [4.69, 9.17) is 4.74 Å². The number of aromatic amines is 1. The molecule has 200 valence electrons. The molecule has 0 saturated carbocycles. The number of carbonyl (C=O) groups excluding carboxylic acids is 3. The van der Waals surface area contributed by atoms with E-state index in [1.165, 1.54) is 24.3 Å². The first-order chi connectivity index (χ1) is 18.2. The number of hydrogen-bond acceptors (Lipinski definition) is 9. The number of thioether (sulfide) groups is 1. The molecule has 12 nitrogen and oxygen atoms in total. The number of non-ortho nitro benzene ring substituents is 1. The van der Waals surface area contributed by atoms with Crippen molar-refractivity contribution in [2.45, 2.75) is 38.4 Å². The van der Waals surface area contributed by atoms with Crippen LogP contribution in [0.15, 0.2) is 53.7 Å². The molecule has 0 fully saturated rings. The van der Waals surface area contributed by atoms with Gasteiger partial charge in [0.25, 0.3) is 11.6 Å². The van der Waals surface area contributed by atoms with Crippen LogP contribution >= 0.6 is 11.8 Å². The zero-order valence-electron chi connectivity index (χ0n) is 21.1. The molecule has 0 aliphatic carbocycles. The maximum atomic E-state index is 12.7. The van der Waals surface area contributed by atoms with Crippen molar-refractivity contribution in [2.24, 2.45) is 5.92 Å². The fraction of sp³-hybridized carbons (Fsp3) is 0.320. The molecular formula is C25H28N6O6S. The molecule has 1 aromatic heterocycles. The van der Waals surface area contributed by atoms with Gasteiger partial charge in [-0.3, -0.25) is 24.8 Å². The van der Waals surface area contributed by atoms with Crippen molar-refractivity contribution in [3.8, 4) is 0 Å². The van der Waals surface area contributed by atoms with Gasteiger partial charge in [-0.25, -0.2) is 9.78 Å². The monoisotopic (exact) mass is 540 g/mol. The number of benzene rings is 2. The van der Waals surface area contributed by atoms with Crippen LogP contribution in [0.4, 0.5) is 11.4 Å². The second-order valence-corrected chi connectivity index (χ2v) is 9.50. The minimum atomic E-state index is -0.564. The number of hydrogen-bond donors (Lipinski definition) is 3. The summed E-state index contributed by atoms with van der Waals surface area (Å²) in [6.07, 6.45) is 0.713. The van der Waals surface area contributed by atoms with Gasteiger partial charge in [-0.15, -0.1) is 5.10 Å². The number of esters is 1. The third kappa shape index (κ3) is 7.87. The molecule has 1 heterocycles. The van der Waals surface area contributed by atoms with E-state index in [-0.39, 0.29) is 28.8 Å². The van der Waals surface area contributed by atoms with E-state index in [1.807, 2.05) is 20.8 Å². The van der Waals surface area contributed by atoms with E-state index in [0.717, 1.165) is 11.8 Å². The molecule has 3 N–H and O–H groups in total. The molecule has 2 amide bonds. The number of aromatic nitrogens is 3. The van der Waals surface area contributed by atoms with Gasteiger partial charge in [0.2, 0.25) is 11.1 Å². The summed E-state index contributed by atoms with van der Waals surface area (Å²) in [6.45, 7) is 5.99. The number of carbonyl (C=O) groups is 3. The number of nitrogens with one attached hydrogen (secondary N) is 3. The first-order valence-corrected chi connectivity index (χ1v) is 12.8. The molecule has 0 bridgehead atoms. The first kappa shape index (κ1) is 28.3. The van der Waals surface area contributed by atoms with E-state index in [0.29, 0.717) is 35.3 Å². The van der Waals surface area contributed by atoms with Gasteiger partial charge in [-0.05, 0) is 36.6 Å². The zero-order valence-corrected chi connectivity index (χ0v) is 21.9. The number of anilines is 1. The quantitative estimate of drug-likeness (QED) is 0.132. The molecule has 38 heavy (non-hydrogen) atoms. The van der Waals surface area contributed by atoms with Crippen LogP contribution in [-0.4, -0.2) is 50.2 Å². The van der Waals surface area contributed by atoms with Crippen molar-refractivity contribution in [1.82, 2.24) is 20.5 Å². The van der Waals surface area contributed by atoms with Gasteiger partial charge in [0.05, 0.1) is 28.9 Å². The molecule has 0 aliphatic heterocycles. The van der Waals surface area contributed by atoms with Crippen molar-refractivity contribution in [3.05, 3.63) is 75.6 Å². The summed E-state index contributed by atoms with van der Waals surface area (Å²) >= 11 is 1.09. The fourth-order valence-corrected chi connectivity index (χ4v) is 3.93. The molecule has 0 aliphatic rings. The molecule has 1 atom stereocenters. The highest BCUT2D eigenvalue weighted by Gasteiger charge is 2.24. The zero-order chi connectivity index (χ0) is 27.7. The second-order valence-electron chi connectivity index (χ2n) is 8.56. The highest BCUT2D eigenvalue weighted by Crippen LogP contribution is 2.23. The highest BCUT2D eigenvalue weighted by molar-refractivity contribution is 7.99. The average molecular weight is 541 g/mol. The maximum Gasteiger partial charge on any atom is 0.338 e. The van der Waals surface area contributed by atoms with Crippen molar-refractivity contribution in [3.63, 3.8) is 0 Å². The molecule has 3 rings (SSSR count). The summed E-state index contributed by atoms with van der Waals surface area (Å²) < 4.78 is 5.12. The van der Waals surface area contributed by atoms with Crippen LogP contribution in [0, 0.1) is 16.0 Å². The van der Waals surface area contributed by atoms with Gasteiger partial charge < -0.3 is 15.4 Å². The van der Waals surface area contributed by atoms with E-state index in [2.05, 4.69) is 25.8 Å². The normalized spacial score (nSPS) is 11.6. The number of H-pyrrole nitrogens is 1. The molecule has 2 aromatic carbocycles. The summed E-state index contributed by atoms with van der Waals surface area (Å²) in [6, 6.07) is 11.4. The van der Waals surface area contributed by atoms with Gasteiger partial charge >= 0.3 is 5.97 Å². The second kappa shape index (κ2) is 13.3.